The molecule has 2 rings (SSSR count). The van der Waals surface area contributed by atoms with Crippen molar-refractivity contribution in [1.82, 2.24) is 4.98 Å². The Bertz CT molecular complexity index is 705. The second-order valence-electron chi connectivity index (χ2n) is 4.32. The monoisotopic (exact) mass is 284 g/mol. The standard InChI is InChI=1S/C15H12N2O4/c1-9(15(19)20)21-14-5-3-11(6-13(14)18)12-4-2-10(7-16)8-17-12/h2-6,8-9,18H,1H3,(H,19,20). The van der Waals surface area contributed by atoms with Crippen LogP contribution in [0.25, 0.3) is 11.3 Å². The maximum atomic E-state index is 10.7. The van der Waals surface area contributed by atoms with Gasteiger partial charge >= 0.3 is 5.97 Å². The van der Waals surface area contributed by atoms with Gasteiger partial charge in [0.15, 0.2) is 17.6 Å². The van der Waals surface area contributed by atoms with Gasteiger partial charge in [-0.15, -0.1) is 0 Å². The molecule has 1 atom stereocenters. The number of pyridine rings is 1. The van der Waals surface area contributed by atoms with E-state index in [1.165, 1.54) is 25.3 Å². The van der Waals surface area contributed by atoms with E-state index in [1.54, 1.807) is 18.2 Å². The van der Waals surface area contributed by atoms with Crippen LogP contribution in [0.4, 0.5) is 0 Å². The average Bonchev–Trinajstić information content (AvgIpc) is 2.49. The van der Waals surface area contributed by atoms with Crippen LogP contribution in [0.5, 0.6) is 11.5 Å². The van der Waals surface area contributed by atoms with Gasteiger partial charge in [-0.05, 0) is 37.3 Å². The number of benzene rings is 1. The molecular formula is C15H12N2O4. The largest absolute Gasteiger partial charge is 0.504 e. The third kappa shape index (κ3) is 3.28. The van der Waals surface area contributed by atoms with E-state index in [1.807, 2.05) is 6.07 Å². The van der Waals surface area contributed by atoms with Crippen molar-refractivity contribution in [3.63, 3.8) is 0 Å². The Balaban J connectivity index is 2.26. The molecule has 0 bridgehead atoms. The Morgan fingerprint density at radius 2 is 2.14 bits per heavy atom. The summed E-state index contributed by atoms with van der Waals surface area (Å²) in [4.78, 5) is 14.8. The maximum absolute atomic E-state index is 10.7. The lowest BCUT2D eigenvalue weighted by atomic mass is 10.1. The molecule has 6 heteroatoms. The first-order valence-corrected chi connectivity index (χ1v) is 6.10. The SMILES string of the molecule is CC(Oc1ccc(-c2ccc(C#N)cn2)cc1O)C(=O)O. The number of aromatic nitrogens is 1. The lowest BCUT2D eigenvalue weighted by Crippen LogP contribution is -2.22. The molecule has 6 nitrogen and oxygen atoms in total. The number of hydrogen-bond acceptors (Lipinski definition) is 5. The fourth-order valence-corrected chi connectivity index (χ4v) is 1.65. The third-order valence-corrected chi connectivity index (χ3v) is 2.80. The molecule has 0 saturated carbocycles. The first-order chi connectivity index (χ1) is 10.0. The minimum absolute atomic E-state index is 0.0855. The molecule has 106 valence electrons. The van der Waals surface area contributed by atoms with Crippen LogP contribution in [-0.2, 0) is 4.79 Å². The number of carboxylic acid groups (broad SMARTS) is 1. The van der Waals surface area contributed by atoms with E-state index in [9.17, 15) is 9.90 Å². The summed E-state index contributed by atoms with van der Waals surface area (Å²) < 4.78 is 5.12. The van der Waals surface area contributed by atoms with Crippen molar-refractivity contribution in [3.05, 3.63) is 42.1 Å². The molecule has 0 amide bonds. The molecule has 2 N–H and O–H groups in total. The molecule has 1 aromatic heterocycles. The lowest BCUT2D eigenvalue weighted by molar-refractivity contribution is -0.144. The van der Waals surface area contributed by atoms with E-state index in [0.717, 1.165) is 0 Å². The van der Waals surface area contributed by atoms with Crippen LogP contribution in [0.3, 0.4) is 0 Å². The second-order valence-corrected chi connectivity index (χ2v) is 4.32. The van der Waals surface area contributed by atoms with E-state index < -0.39 is 12.1 Å². The normalized spacial score (nSPS) is 11.4. The van der Waals surface area contributed by atoms with Gasteiger partial charge in [-0.3, -0.25) is 4.98 Å². The zero-order valence-electron chi connectivity index (χ0n) is 11.1. The summed E-state index contributed by atoms with van der Waals surface area (Å²) in [6, 6.07) is 9.81. The summed E-state index contributed by atoms with van der Waals surface area (Å²) in [7, 11) is 0. The minimum Gasteiger partial charge on any atom is -0.504 e. The first-order valence-electron chi connectivity index (χ1n) is 6.10. The molecule has 0 radical (unpaired) electrons. The topological polar surface area (TPSA) is 103 Å². The summed E-state index contributed by atoms with van der Waals surface area (Å²) in [6.45, 7) is 1.37. The number of aliphatic carboxylic acids is 1. The summed E-state index contributed by atoms with van der Waals surface area (Å²) in [6.07, 6.45) is 0.373. The van der Waals surface area contributed by atoms with Crippen LogP contribution < -0.4 is 4.74 Å². The number of carboxylic acids is 1. The maximum Gasteiger partial charge on any atom is 0.344 e. The zero-order chi connectivity index (χ0) is 15.4. The highest BCUT2D eigenvalue weighted by Crippen LogP contribution is 2.31. The number of nitriles is 1. The van der Waals surface area contributed by atoms with Gasteiger partial charge in [0.1, 0.15) is 6.07 Å². The zero-order valence-corrected chi connectivity index (χ0v) is 11.1. The smallest absolute Gasteiger partial charge is 0.344 e. The van der Waals surface area contributed by atoms with Gasteiger partial charge in [0.25, 0.3) is 0 Å². The molecule has 0 aliphatic carbocycles. The number of nitrogens with zero attached hydrogens (tertiary/aromatic N) is 2. The Hall–Kier alpha value is -3.07. The Morgan fingerprint density at radius 1 is 1.38 bits per heavy atom. The summed E-state index contributed by atoms with van der Waals surface area (Å²) in [5.74, 6) is -1.21. The number of rotatable bonds is 4. The van der Waals surface area contributed by atoms with Crippen molar-refractivity contribution >= 4 is 5.97 Å². The molecule has 2 aromatic rings. The molecule has 0 aliphatic rings. The third-order valence-electron chi connectivity index (χ3n) is 2.80. The number of phenols is 1. The Labute approximate surface area is 120 Å². The number of ether oxygens (including phenoxy) is 1. The molecule has 0 saturated heterocycles. The molecule has 1 heterocycles. The van der Waals surface area contributed by atoms with Gasteiger partial charge < -0.3 is 14.9 Å². The number of hydrogen-bond donors (Lipinski definition) is 2. The van der Waals surface area contributed by atoms with Crippen molar-refractivity contribution in [1.29, 1.82) is 5.26 Å². The van der Waals surface area contributed by atoms with Gasteiger partial charge in [-0.25, -0.2) is 4.79 Å². The van der Waals surface area contributed by atoms with Crippen molar-refractivity contribution in [2.75, 3.05) is 0 Å². The van der Waals surface area contributed by atoms with Crippen molar-refractivity contribution in [3.8, 4) is 28.8 Å². The highest BCUT2D eigenvalue weighted by atomic mass is 16.5. The molecular weight excluding hydrogens is 272 g/mol. The van der Waals surface area contributed by atoms with Crippen LogP contribution in [-0.4, -0.2) is 27.3 Å². The fraction of sp³-hybridized carbons (Fsp3) is 0.133. The van der Waals surface area contributed by atoms with E-state index in [2.05, 4.69) is 4.98 Å². The van der Waals surface area contributed by atoms with Gasteiger partial charge in [-0.2, -0.15) is 5.26 Å². The van der Waals surface area contributed by atoms with Crippen LogP contribution in [0, 0.1) is 11.3 Å². The highest BCUT2D eigenvalue weighted by molar-refractivity contribution is 5.72. The predicted octanol–water partition coefficient (Wildman–Crippen LogP) is 2.18. The van der Waals surface area contributed by atoms with E-state index in [0.29, 0.717) is 16.8 Å². The molecule has 0 fully saturated rings. The Morgan fingerprint density at radius 3 is 2.67 bits per heavy atom. The highest BCUT2D eigenvalue weighted by Gasteiger charge is 2.15. The van der Waals surface area contributed by atoms with Crippen molar-refractivity contribution < 1.29 is 19.7 Å². The van der Waals surface area contributed by atoms with Gasteiger partial charge in [0, 0.05) is 11.8 Å². The number of carbonyl (C=O) groups is 1. The molecule has 1 aromatic carbocycles. The molecule has 0 aliphatic heterocycles. The van der Waals surface area contributed by atoms with Crippen molar-refractivity contribution in [2.24, 2.45) is 0 Å². The first kappa shape index (κ1) is 14.3. The quantitative estimate of drug-likeness (QED) is 0.891. The Kier molecular flexibility index (Phi) is 4.05. The molecule has 0 spiro atoms. The van der Waals surface area contributed by atoms with Crippen LogP contribution in [0.15, 0.2) is 36.5 Å². The fourth-order valence-electron chi connectivity index (χ4n) is 1.65. The lowest BCUT2D eigenvalue weighted by Gasteiger charge is -2.12. The minimum atomic E-state index is -1.12. The summed E-state index contributed by atoms with van der Waals surface area (Å²) in [5.41, 5.74) is 1.66. The van der Waals surface area contributed by atoms with Gasteiger partial charge in [0.05, 0.1) is 11.3 Å². The van der Waals surface area contributed by atoms with E-state index in [-0.39, 0.29) is 11.5 Å². The number of phenolic OH excluding ortho intramolecular Hbond substituents is 1. The van der Waals surface area contributed by atoms with Crippen molar-refractivity contribution in [2.45, 2.75) is 13.0 Å². The summed E-state index contributed by atoms with van der Waals surface area (Å²) >= 11 is 0. The van der Waals surface area contributed by atoms with Crippen LogP contribution >= 0.6 is 0 Å². The van der Waals surface area contributed by atoms with Crippen LogP contribution in [0.2, 0.25) is 0 Å². The number of aromatic hydroxyl groups is 1. The van der Waals surface area contributed by atoms with Crippen LogP contribution in [0.1, 0.15) is 12.5 Å². The van der Waals surface area contributed by atoms with Gasteiger partial charge in [-0.1, -0.05) is 0 Å². The average molecular weight is 284 g/mol. The molecule has 1 unspecified atom stereocenters. The summed E-state index contributed by atoms with van der Waals surface area (Å²) in [5, 5.41) is 27.4. The van der Waals surface area contributed by atoms with Gasteiger partial charge in [0.2, 0.25) is 0 Å². The molecule has 21 heavy (non-hydrogen) atoms. The van der Waals surface area contributed by atoms with E-state index in [4.69, 9.17) is 15.1 Å². The van der Waals surface area contributed by atoms with E-state index >= 15 is 0 Å². The predicted molar refractivity (Wildman–Crippen MR) is 73.8 cm³/mol. The second kappa shape index (κ2) is 5.92.